The van der Waals surface area contributed by atoms with E-state index in [9.17, 15) is 4.79 Å². The van der Waals surface area contributed by atoms with Gasteiger partial charge in [0.25, 0.3) is 0 Å². The second-order valence-corrected chi connectivity index (χ2v) is 5.45. The Morgan fingerprint density at radius 3 is 2.81 bits per heavy atom. The molecule has 3 rings (SSSR count). The van der Waals surface area contributed by atoms with Gasteiger partial charge in [0.15, 0.2) is 10.7 Å². The molecule has 0 aliphatic rings. The summed E-state index contributed by atoms with van der Waals surface area (Å²) >= 11 is 1.52. The van der Waals surface area contributed by atoms with Gasteiger partial charge < -0.3 is 10.5 Å². The van der Waals surface area contributed by atoms with Gasteiger partial charge in [-0.1, -0.05) is 41.7 Å². The van der Waals surface area contributed by atoms with Gasteiger partial charge in [0.1, 0.15) is 0 Å². The first kappa shape index (κ1) is 13.8. The van der Waals surface area contributed by atoms with E-state index in [4.69, 9.17) is 10.5 Å². The van der Waals surface area contributed by atoms with Crippen molar-refractivity contribution in [3.63, 3.8) is 0 Å². The average Bonchev–Trinajstić information content (AvgIpc) is 3.05. The fourth-order valence-electron chi connectivity index (χ4n) is 2.18. The third-order valence-electron chi connectivity index (χ3n) is 3.15. The van der Waals surface area contributed by atoms with Gasteiger partial charge in [-0.2, -0.15) is 0 Å². The summed E-state index contributed by atoms with van der Waals surface area (Å²) in [5.74, 6) is -0.421. The second-order valence-electron chi connectivity index (χ2n) is 4.45. The molecule has 2 heterocycles. The summed E-state index contributed by atoms with van der Waals surface area (Å²) in [6, 6.07) is 10.0. The van der Waals surface area contributed by atoms with E-state index in [2.05, 4.69) is 4.98 Å². The Balaban J connectivity index is 2.08. The van der Waals surface area contributed by atoms with E-state index in [0.717, 1.165) is 15.4 Å². The first-order chi connectivity index (χ1) is 10.2. The van der Waals surface area contributed by atoms with Crippen LogP contribution in [0.15, 0.2) is 36.5 Å². The molecular formula is C15H15N3O2S. The summed E-state index contributed by atoms with van der Waals surface area (Å²) < 4.78 is 6.89. The molecule has 0 radical (unpaired) electrons. The van der Waals surface area contributed by atoms with Crippen molar-refractivity contribution in [2.24, 2.45) is 5.73 Å². The Kier molecular flexibility index (Phi) is 3.72. The Morgan fingerprint density at radius 2 is 2.14 bits per heavy atom. The summed E-state index contributed by atoms with van der Waals surface area (Å²) in [5.41, 5.74) is 7.89. The summed E-state index contributed by atoms with van der Waals surface area (Å²) in [6.45, 7) is 2.33. The van der Waals surface area contributed by atoms with Crippen LogP contribution in [0, 0.1) is 0 Å². The Hall–Kier alpha value is -2.18. The number of ether oxygens (including phenoxy) is 1. The molecule has 0 unspecified atom stereocenters. The summed E-state index contributed by atoms with van der Waals surface area (Å²) in [7, 11) is 0. The molecule has 0 aliphatic heterocycles. The van der Waals surface area contributed by atoms with Gasteiger partial charge in [0, 0.05) is 12.7 Å². The van der Waals surface area contributed by atoms with Crippen molar-refractivity contribution in [1.29, 1.82) is 0 Å². The van der Waals surface area contributed by atoms with Crippen molar-refractivity contribution in [2.45, 2.75) is 13.5 Å². The predicted octanol–water partition coefficient (Wildman–Crippen LogP) is 2.70. The number of benzene rings is 1. The highest BCUT2D eigenvalue weighted by molar-refractivity contribution is 7.20. The molecule has 0 bridgehead atoms. The molecule has 2 aromatic heterocycles. The molecule has 2 N–H and O–H groups in total. The first-order valence-electron chi connectivity index (χ1n) is 6.68. The number of hydrogen-bond donors (Lipinski definition) is 1. The molecule has 0 spiro atoms. The molecule has 0 saturated carbocycles. The van der Waals surface area contributed by atoms with Gasteiger partial charge in [-0.25, -0.2) is 9.78 Å². The molecule has 1 aromatic carbocycles. The van der Waals surface area contributed by atoms with Crippen LogP contribution < -0.4 is 5.73 Å². The largest absolute Gasteiger partial charge is 0.461 e. The SMILES string of the molecule is CCOC(=O)c1nc2sc(-c3ccccc3)cn2c1CN. The monoisotopic (exact) mass is 301 g/mol. The fraction of sp³-hybridized carbons (Fsp3) is 0.200. The van der Waals surface area contributed by atoms with Crippen molar-refractivity contribution in [2.75, 3.05) is 6.61 Å². The van der Waals surface area contributed by atoms with Crippen molar-refractivity contribution < 1.29 is 9.53 Å². The van der Waals surface area contributed by atoms with Crippen molar-refractivity contribution in [1.82, 2.24) is 9.38 Å². The van der Waals surface area contributed by atoms with E-state index in [1.807, 2.05) is 40.9 Å². The number of aromatic nitrogens is 2. The Labute approximate surface area is 126 Å². The lowest BCUT2D eigenvalue weighted by Crippen LogP contribution is -2.11. The maximum Gasteiger partial charge on any atom is 0.358 e. The van der Waals surface area contributed by atoms with Crippen molar-refractivity contribution >= 4 is 22.3 Å². The van der Waals surface area contributed by atoms with Crippen LogP contribution in [0.25, 0.3) is 15.4 Å². The lowest BCUT2D eigenvalue weighted by Gasteiger charge is -2.01. The van der Waals surface area contributed by atoms with Crippen LogP contribution in [-0.4, -0.2) is 22.0 Å². The molecule has 108 valence electrons. The van der Waals surface area contributed by atoms with Crippen molar-refractivity contribution in [3.8, 4) is 10.4 Å². The molecule has 3 aromatic rings. The summed E-state index contributed by atoms with van der Waals surface area (Å²) in [4.78, 5) is 18.1. The topological polar surface area (TPSA) is 69.6 Å². The lowest BCUT2D eigenvalue weighted by molar-refractivity contribution is 0.0519. The molecule has 5 nitrogen and oxygen atoms in total. The second kappa shape index (κ2) is 5.67. The standard InChI is InChI=1S/C15H15N3O2S/c1-2-20-14(19)13-11(8-16)18-9-12(21-15(18)17-13)10-6-4-3-5-7-10/h3-7,9H,2,8,16H2,1H3. The number of imidazole rings is 1. The molecule has 0 aliphatic carbocycles. The number of esters is 1. The van der Waals surface area contributed by atoms with E-state index < -0.39 is 5.97 Å². The molecule has 0 amide bonds. The van der Waals surface area contributed by atoms with E-state index in [1.165, 1.54) is 11.3 Å². The van der Waals surface area contributed by atoms with Gasteiger partial charge >= 0.3 is 5.97 Å². The molecule has 0 atom stereocenters. The highest BCUT2D eigenvalue weighted by atomic mass is 32.1. The third-order valence-corrected chi connectivity index (χ3v) is 4.18. The predicted molar refractivity (Wildman–Crippen MR) is 82.4 cm³/mol. The maximum atomic E-state index is 11.9. The quantitative estimate of drug-likeness (QED) is 0.752. The average molecular weight is 301 g/mol. The zero-order valence-corrected chi connectivity index (χ0v) is 12.4. The first-order valence-corrected chi connectivity index (χ1v) is 7.49. The zero-order valence-electron chi connectivity index (χ0n) is 11.6. The van der Waals surface area contributed by atoms with Crippen LogP contribution in [0.3, 0.4) is 0 Å². The number of fused-ring (bicyclic) bond motifs is 1. The molecule has 21 heavy (non-hydrogen) atoms. The zero-order chi connectivity index (χ0) is 14.8. The smallest absolute Gasteiger partial charge is 0.358 e. The van der Waals surface area contributed by atoms with Crippen LogP contribution in [0.4, 0.5) is 0 Å². The minimum atomic E-state index is -0.421. The van der Waals surface area contributed by atoms with Crippen LogP contribution in [0.1, 0.15) is 23.1 Å². The number of hydrogen-bond acceptors (Lipinski definition) is 5. The maximum absolute atomic E-state index is 11.9. The number of carbonyl (C=O) groups excluding carboxylic acids is 1. The Morgan fingerprint density at radius 1 is 1.38 bits per heavy atom. The van der Waals surface area contributed by atoms with E-state index in [-0.39, 0.29) is 6.54 Å². The van der Waals surface area contributed by atoms with Gasteiger partial charge in [-0.05, 0) is 12.5 Å². The number of nitrogens with zero attached hydrogens (tertiary/aromatic N) is 2. The van der Waals surface area contributed by atoms with Gasteiger partial charge in [0.05, 0.1) is 17.2 Å². The fourth-order valence-corrected chi connectivity index (χ4v) is 3.19. The molecule has 6 heteroatoms. The minimum Gasteiger partial charge on any atom is -0.461 e. The van der Waals surface area contributed by atoms with Crippen LogP contribution in [0.5, 0.6) is 0 Å². The molecular weight excluding hydrogens is 286 g/mol. The normalized spacial score (nSPS) is 11.0. The van der Waals surface area contributed by atoms with E-state index >= 15 is 0 Å². The van der Waals surface area contributed by atoms with Crippen LogP contribution in [0.2, 0.25) is 0 Å². The highest BCUT2D eigenvalue weighted by Crippen LogP contribution is 2.30. The minimum absolute atomic E-state index is 0.236. The lowest BCUT2D eigenvalue weighted by atomic mass is 10.2. The number of rotatable bonds is 4. The summed E-state index contributed by atoms with van der Waals surface area (Å²) in [5, 5.41) is 0. The number of carbonyl (C=O) groups is 1. The van der Waals surface area contributed by atoms with Gasteiger partial charge in [-0.3, -0.25) is 4.40 Å². The summed E-state index contributed by atoms with van der Waals surface area (Å²) in [6.07, 6.45) is 1.97. The molecule has 0 fully saturated rings. The van der Waals surface area contributed by atoms with Crippen molar-refractivity contribution in [3.05, 3.63) is 47.9 Å². The highest BCUT2D eigenvalue weighted by Gasteiger charge is 2.20. The number of thiazole rings is 1. The Bertz CT molecular complexity index is 777. The van der Waals surface area contributed by atoms with Crippen LogP contribution >= 0.6 is 11.3 Å². The van der Waals surface area contributed by atoms with Crippen LogP contribution in [-0.2, 0) is 11.3 Å². The van der Waals surface area contributed by atoms with E-state index in [0.29, 0.717) is 18.0 Å². The van der Waals surface area contributed by atoms with E-state index in [1.54, 1.807) is 6.92 Å². The number of nitrogens with two attached hydrogens (primary N) is 1. The molecule has 0 saturated heterocycles. The third kappa shape index (κ3) is 2.43. The van der Waals surface area contributed by atoms with Gasteiger partial charge in [0.2, 0.25) is 0 Å². The van der Waals surface area contributed by atoms with Gasteiger partial charge in [-0.15, -0.1) is 0 Å².